The highest BCUT2D eigenvalue weighted by molar-refractivity contribution is 9.10. The fourth-order valence-corrected chi connectivity index (χ4v) is 4.74. The number of hydrogen-bond donors (Lipinski definition) is 0. The van der Waals surface area contributed by atoms with E-state index in [-0.39, 0.29) is 17.3 Å². The van der Waals surface area contributed by atoms with Crippen molar-refractivity contribution in [1.82, 2.24) is 10.1 Å². The van der Waals surface area contributed by atoms with Crippen molar-refractivity contribution in [2.45, 2.75) is 17.6 Å². The van der Waals surface area contributed by atoms with Crippen LogP contribution in [0.25, 0.3) is 11.4 Å². The van der Waals surface area contributed by atoms with E-state index in [2.05, 4.69) is 35.0 Å². The van der Waals surface area contributed by atoms with Crippen LogP contribution in [-0.4, -0.2) is 20.6 Å². The second kappa shape index (κ2) is 7.63. The number of nitrogens with zero attached hydrogens (tertiary/aromatic N) is 3. The third-order valence-electron chi connectivity index (χ3n) is 3.65. The average Bonchev–Trinajstić information content (AvgIpc) is 3.13. The molecule has 0 aliphatic carbocycles. The Balaban J connectivity index is 1.89. The van der Waals surface area contributed by atoms with Crippen LogP contribution in [0.1, 0.15) is 11.5 Å². The number of benzene rings is 2. The van der Waals surface area contributed by atoms with Crippen LogP contribution in [0.3, 0.4) is 0 Å². The summed E-state index contributed by atoms with van der Waals surface area (Å²) in [5, 5.41) is 3.33. The number of halogens is 5. The maximum absolute atomic E-state index is 13.5. The van der Waals surface area contributed by atoms with Gasteiger partial charge < -0.3 is 4.52 Å². The van der Waals surface area contributed by atoms with Crippen molar-refractivity contribution in [2.75, 3.05) is 6.26 Å². The van der Waals surface area contributed by atoms with Crippen molar-refractivity contribution in [3.05, 3.63) is 64.2 Å². The maximum Gasteiger partial charge on any atom is 0.471 e. The van der Waals surface area contributed by atoms with E-state index in [1.807, 2.05) is 0 Å². The predicted molar refractivity (Wildman–Crippen MR) is 97.3 cm³/mol. The molecule has 0 saturated carbocycles. The first-order valence-corrected chi connectivity index (χ1v) is 10.4. The maximum atomic E-state index is 13.5. The lowest BCUT2D eigenvalue weighted by atomic mass is 10.1. The Labute approximate surface area is 166 Å². The molecule has 28 heavy (non-hydrogen) atoms. The summed E-state index contributed by atoms with van der Waals surface area (Å²) < 4.78 is 73.0. The first-order valence-electron chi connectivity index (χ1n) is 7.69. The summed E-state index contributed by atoms with van der Waals surface area (Å²) in [5.74, 6) is -2.20. The molecule has 0 bridgehead atoms. The molecule has 0 radical (unpaired) electrons. The quantitative estimate of drug-likeness (QED) is 0.477. The molecule has 1 unspecified atom stereocenters. The fraction of sp³-hybridized carbons (Fsp3) is 0.176. The monoisotopic (exact) mass is 477 g/mol. The molecule has 148 valence electrons. The summed E-state index contributed by atoms with van der Waals surface area (Å²) in [5.41, 5.74) is 0.861. The van der Waals surface area contributed by atoms with Crippen molar-refractivity contribution < 1.29 is 26.3 Å². The third kappa shape index (κ3) is 4.58. The minimum Gasteiger partial charge on any atom is -0.329 e. The Morgan fingerprint density at radius 1 is 1.21 bits per heavy atom. The summed E-state index contributed by atoms with van der Waals surface area (Å²) in [6.07, 6.45) is -3.35. The van der Waals surface area contributed by atoms with Gasteiger partial charge in [0, 0.05) is 16.3 Å². The lowest BCUT2D eigenvalue weighted by Crippen LogP contribution is -2.04. The van der Waals surface area contributed by atoms with Crippen molar-refractivity contribution in [3.8, 4) is 11.4 Å². The van der Waals surface area contributed by atoms with E-state index < -0.39 is 27.6 Å². The molecule has 2 aromatic carbocycles. The molecular formula is C17H12BrF4N3O2S. The largest absolute Gasteiger partial charge is 0.471 e. The van der Waals surface area contributed by atoms with Gasteiger partial charge >= 0.3 is 12.1 Å². The number of aromatic nitrogens is 2. The summed E-state index contributed by atoms with van der Waals surface area (Å²) in [6, 6.07) is 10.1. The second-order valence-electron chi connectivity index (χ2n) is 5.79. The van der Waals surface area contributed by atoms with E-state index in [4.69, 9.17) is 0 Å². The molecule has 1 atom stereocenters. The molecule has 0 fully saturated rings. The van der Waals surface area contributed by atoms with Gasteiger partial charge in [-0.05, 0) is 45.8 Å². The molecule has 0 aliphatic heterocycles. The minimum atomic E-state index is -4.73. The zero-order chi connectivity index (χ0) is 20.5. The van der Waals surface area contributed by atoms with E-state index in [0.717, 1.165) is 6.07 Å². The molecule has 0 aliphatic rings. The Hall–Kier alpha value is -2.27. The molecule has 1 heterocycles. The van der Waals surface area contributed by atoms with E-state index in [9.17, 15) is 21.8 Å². The van der Waals surface area contributed by atoms with Crippen LogP contribution in [0.4, 0.5) is 17.6 Å². The molecule has 11 heteroatoms. The van der Waals surface area contributed by atoms with Gasteiger partial charge in [0.15, 0.2) is 0 Å². The lowest BCUT2D eigenvalue weighted by molar-refractivity contribution is -0.159. The van der Waals surface area contributed by atoms with Gasteiger partial charge in [0.1, 0.15) is 5.82 Å². The number of alkyl halides is 3. The third-order valence-corrected chi connectivity index (χ3v) is 6.38. The Morgan fingerprint density at radius 3 is 2.64 bits per heavy atom. The SMILES string of the molecule is CS(=O)(=NCc1cccc(-c2noc(C(F)(F)F)n2)c1)c1cc(F)ccc1Br. The van der Waals surface area contributed by atoms with Gasteiger partial charge in [0.05, 0.1) is 21.2 Å². The van der Waals surface area contributed by atoms with Gasteiger partial charge in [-0.15, -0.1) is 0 Å². The molecule has 0 N–H and O–H groups in total. The Bertz CT molecular complexity index is 1140. The Morgan fingerprint density at radius 2 is 1.96 bits per heavy atom. The molecule has 3 rings (SSSR count). The fourth-order valence-electron chi connectivity index (χ4n) is 2.30. The van der Waals surface area contributed by atoms with Gasteiger partial charge in [-0.1, -0.05) is 23.4 Å². The predicted octanol–water partition coefficient (Wildman–Crippen LogP) is 5.31. The Kier molecular flexibility index (Phi) is 5.57. The van der Waals surface area contributed by atoms with Crippen molar-refractivity contribution in [2.24, 2.45) is 4.36 Å². The van der Waals surface area contributed by atoms with Crippen LogP contribution in [-0.2, 0) is 22.5 Å². The molecule has 0 amide bonds. The minimum absolute atomic E-state index is 0.00386. The van der Waals surface area contributed by atoms with Crippen LogP contribution in [0, 0.1) is 5.82 Å². The van der Waals surface area contributed by atoms with Crippen molar-refractivity contribution in [3.63, 3.8) is 0 Å². The van der Waals surface area contributed by atoms with Gasteiger partial charge in [0.25, 0.3) is 0 Å². The van der Waals surface area contributed by atoms with Crippen molar-refractivity contribution >= 4 is 25.7 Å². The van der Waals surface area contributed by atoms with Gasteiger partial charge in [-0.2, -0.15) is 18.2 Å². The normalized spacial score (nSPS) is 13.9. The summed E-state index contributed by atoms with van der Waals surface area (Å²) in [4.78, 5) is 3.55. The van der Waals surface area contributed by atoms with E-state index in [1.54, 1.807) is 12.1 Å². The van der Waals surface area contributed by atoms with E-state index in [0.29, 0.717) is 15.6 Å². The summed E-state index contributed by atoms with van der Waals surface area (Å²) in [6.45, 7) is -0.00386. The summed E-state index contributed by atoms with van der Waals surface area (Å²) >= 11 is 3.23. The topological polar surface area (TPSA) is 68.3 Å². The average molecular weight is 478 g/mol. The zero-order valence-corrected chi connectivity index (χ0v) is 16.6. The van der Waals surface area contributed by atoms with Gasteiger partial charge in [0.2, 0.25) is 5.82 Å². The van der Waals surface area contributed by atoms with E-state index >= 15 is 0 Å². The number of hydrogen-bond acceptors (Lipinski definition) is 5. The van der Waals surface area contributed by atoms with E-state index in [1.165, 1.54) is 30.5 Å². The van der Waals surface area contributed by atoms with Crippen LogP contribution < -0.4 is 0 Å². The molecule has 3 aromatic rings. The molecule has 0 saturated heterocycles. The first-order chi connectivity index (χ1) is 13.1. The highest BCUT2D eigenvalue weighted by Gasteiger charge is 2.38. The first kappa shape index (κ1) is 20.5. The molecule has 5 nitrogen and oxygen atoms in total. The molecule has 1 aromatic heterocycles. The smallest absolute Gasteiger partial charge is 0.329 e. The standard InChI is InChI=1S/C17H12BrF4N3O2S/c1-28(26,14-8-12(19)5-6-13(14)18)23-9-10-3-2-4-11(7-10)15-24-16(27-25-15)17(20,21)22/h2-8H,9H2,1H3. The molecular weight excluding hydrogens is 466 g/mol. The highest BCUT2D eigenvalue weighted by Crippen LogP contribution is 2.30. The van der Waals surface area contributed by atoms with Gasteiger partial charge in [-0.25, -0.2) is 13.0 Å². The lowest BCUT2D eigenvalue weighted by Gasteiger charge is -2.08. The van der Waals surface area contributed by atoms with Gasteiger partial charge in [-0.3, -0.25) is 0 Å². The van der Waals surface area contributed by atoms with Crippen molar-refractivity contribution in [1.29, 1.82) is 0 Å². The second-order valence-corrected chi connectivity index (χ2v) is 8.94. The zero-order valence-electron chi connectivity index (χ0n) is 14.2. The molecule has 0 spiro atoms. The van der Waals surface area contributed by atoms with Crippen LogP contribution in [0.5, 0.6) is 0 Å². The highest BCUT2D eigenvalue weighted by atomic mass is 79.9. The number of rotatable bonds is 4. The van der Waals surface area contributed by atoms with Crippen LogP contribution >= 0.6 is 15.9 Å². The van der Waals surface area contributed by atoms with Crippen LogP contribution in [0.2, 0.25) is 0 Å². The van der Waals surface area contributed by atoms with Crippen LogP contribution in [0.15, 0.2) is 60.7 Å². The summed E-state index contributed by atoms with van der Waals surface area (Å²) in [7, 11) is -2.91.